The number of nitrogens with zero attached hydrogens (tertiary/aromatic N) is 2. The smallest absolute Gasteiger partial charge is 0.124 e. The third-order valence-corrected chi connectivity index (χ3v) is 3.99. The van der Waals surface area contributed by atoms with Crippen LogP contribution in [-0.4, -0.2) is 16.0 Å². The Balaban J connectivity index is 2.30. The van der Waals surface area contributed by atoms with Crippen LogP contribution >= 0.6 is 11.3 Å². The Labute approximate surface area is 119 Å². The Morgan fingerprint density at radius 3 is 2.42 bits per heavy atom. The molecule has 0 atom stereocenters. The SMILES string of the molecule is CC(C)NCc1sc(-c2ccncc2)nc1C(C)C. The van der Waals surface area contributed by atoms with Crippen LogP contribution in [0, 0.1) is 0 Å². The van der Waals surface area contributed by atoms with Crippen LogP contribution in [0.25, 0.3) is 10.6 Å². The van der Waals surface area contributed by atoms with Crippen molar-refractivity contribution in [2.45, 2.75) is 46.2 Å². The number of thiazole rings is 1. The third kappa shape index (κ3) is 3.61. The molecule has 19 heavy (non-hydrogen) atoms. The molecule has 2 aromatic heterocycles. The van der Waals surface area contributed by atoms with Crippen LogP contribution in [0.2, 0.25) is 0 Å². The van der Waals surface area contributed by atoms with E-state index in [1.165, 1.54) is 10.6 Å². The molecule has 102 valence electrons. The Hall–Kier alpha value is -1.26. The first-order valence-electron chi connectivity index (χ1n) is 6.71. The maximum Gasteiger partial charge on any atom is 0.124 e. The largest absolute Gasteiger partial charge is 0.310 e. The molecule has 4 heteroatoms. The molecule has 2 aromatic rings. The molecule has 3 nitrogen and oxygen atoms in total. The highest BCUT2D eigenvalue weighted by molar-refractivity contribution is 7.15. The molecule has 0 aliphatic carbocycles. The van der Waals surface area contributed by atoms with E-state index in [2.05, 4.69) is 38.0 Å². The van der Waals surface area contributed by atoms with Crippen LogP contribution in [0.5, 0.6) is 0 Å². The highest BCUT2D eigenvalue weighted by Crippen LogP contribution is 2.31. The average Bonchev–Trinajstić information content (AvgIpc) is 2.81. The summed E-state index contributed by atoms with van der Waals surface area (Å²) in [6, 6.07) is 4.53. The molecule has 2 heterocycles. The average molecular weight is 275 g/mol. The van der Waals surface area contributed by atoms with Gasteiger partial charge in [0.15, 0.2) is 0 Å². The molecular weight excluding hydrogens is 254 g/mol. The number of nitrogens with one attached hydrogen (secondary N) is 1. The summed E-state index contributed by atoms with van der Waals surface area (Å²) in [5, 5.41) is 4.57. The molecule has 0 saturated heterocycles. The molecule has 0 fully saturated rings. The molecule has 2 rings (SSSR count). The van der Waals surface area contributed by atoms with E-state index >= 15 is 0 Å². The van der Waals surface area contributed by atoms with E-state index in [0.717, 1.165) is 17.1 Å². The topological polar surface area (TPSA) is 37.8 Å². The van der Waals surface area contributed by atoms with E-state index in [0.29, 0.717) is 12.0 Å². The van der Waals surface area contributed by atoms with Gasteiger partial charge in [-0.25, -0.2) is 4.98 Å². The highest BCUT2D eigenvalue weighted by atomic mass is 32.1. The summed E-state index contributed by atoms with van der Waals surface area (Å²) in [7, 11) is 0. The lowest BCUT2D eigenvalue weighted by atomic mass is 10.1. The first-order chi connectivity index (χ1) is 9.08. The third-order valence-electron chi connectivity index (χ3n) is 2.87. The zero-order valence-electron chi connectivity index (χ0n) is 12.0. The summed E-state index contributed by atoms with van der Waals surface area (Å²) in [5.41, 5.74) is 2.36. The minimum Gasteiger partial charge on any atom is -0.310 e. The molecule has 0 saturated carbocycles. The van der Waals surface area contributed by atoms with Gasteiger partial charge in [0, 0.05) is 35.4 Å². The predicted molar refractivity (Wildman–Crippen MR) is 81.4 cm³/mol. The van der Waals surface area contributed by atoms with Gasteiger partial charge in [-0.05, 0) is 18.1 Å². The lowest BCUT2D eigenvalue weighted by Crippen LogP contribution is -2.22. The second-order valence-electron chi connectivity index (χ2n) is 5.25. The van der Waals surface area contributed by atoms with Gasteiger partial charge >= 0.3 is 0 Å². The van der Waals surface area contributed by atoms with Crippen LogP contribution in [0.15, 0.2) is 24.5 Å². The normalized spacial score (nSPS) is 11.5. The van der Waals surface area contributed by atoms with Gasteiger partial charge in [0.2, 0.25) is 0 Å². The van der Waals surface area contributed by atoms with E-state index in [9.17, 15) is 0 Å². The Kier molecular flexibility index (Phi) is 4.66. The van der Waals surface area contributed by atoms with Crippen LogP contribution < -0.4 is 5.32 Å². The van der Waals surface area contributed by atoms with Gasteiger partial charge in [-0.3, -0.25) is 4.98 Å². The fourth-order valence-corrected chi connectivity index (χ4v) is 3.03. The predicted octanol–water partition coefficient (Wildman–Crippen LogP) is 3.83. The van der Waals surface area contributed by atoms with Gasteiger partial charge in [0.1, 0.15) is 5.01 Å². The Morgan fingerprint density at radius 2 is 1.84 bits per heavy atom. The van der Waals surface area contributed by atoms with Crippen molar-refractivity contribution in [1.82, 2.24) is 15.3 Å². The molecule has 0 aromatic carbocycles. The number of hydrogen-bond donors (Lipinski definition) is 1. The van der Waals surface area contributed by atoms with Gasteiger partial charge < -0.3 is 5.32 Å². The molecule has 0 amide bonds. The van der Waals surface area contributed by atoms with Crippen LogP contribution in [-0.2, 0) is 6.54 Å². The molecule has 1 N–H and O–H groups in total. The monoisotopic (exact) mass is 275 g/mol. The summed E-state index contributed by atoms with van der Waals surface area (Å²) in [6.07, 6.45) is 3.63. The Bertz CT molecular complexity index is 517. The number of hydrogen-bond acceptors (Lipinski definition) is 4. The lowest BCUT2D eigenvalue weighted by molar-refractivity contribution is 0.588. The fraction of sp³-hybridized carbons (Fsp3) is 0.467. The molecule has 0 bridgehead atoms. The maximum absolute atomic E-state index is 4.81. The molecular formula is C15H21N3S. The van der Waals surface area contributed by atoms with Crippen LogP contribution in [0.1, 0.15) is 44.2 Å². The zero-order chi connectivity index (χ0) is 13.8. The van der Waals surface area contributed by atoms with E-state index in [-0.39, 0.29) is 0 Å². The van der Waals surface area contributed by atoms with Crippen molar-refractivity contribution >= 4 is 11.3 Å². The Morgan fingerprint density at radius 1 is 1.16 bits per heavy atom. The number of rotatable bonds is 5. The first-order valence-corrected chi connectivity index (χ1v) is 7.53. The van der Waals surface area contributed by atoms with Gasteiger partial charge in [0.05, 0.1) is 5.69 Å². The second-order valence-corrected chi connectivity index (χ2v) is 6.34. The summed E-state index contributed by atoms with van der Waals surface area (Å²) in [4.78, 5) is 10.2. The van der Waals surface area contributed by atoms with Crippen LogP contribution in [0.3, 0.4) is 0 Å². The van der Waals surface area contributed by atoms with Gasteiger partial charge in [-0.15, -0.1) is 11.3 Å². The van der Waals surface area contributed by atoms with E-state index in [4.69, 9.17) is 4.98 Å². The quantitative estimate of drug-likeness (QED) is 0.901. The van der Waals surface area contributed by atoms with Crippen LogP contribution in [0.4, 0.5) is 0 Å². The molecule has 0 unspecified atom stereocenters. The zero-order valence-corrected chi connectivity index (χ0v) is 12.8. The molecule has 0 radical (unpaired) electrons. The van der Waals surface area contributed by atoms with E-state index in [1.54, 1.807) is 11.3 Å². The van der Waals surface area contributed by atoms with E-state index < -0.39 is 0 Å². The highest BCUT2D eigenvalue weighted by Gasteiger charge is 2.15. The van der Waals surface area contributed by atoms with Crippen molar-refractivity contribution < 1.29 is 0 Å². The van der Waals surface area contributed by atoms with Crippen molar-refractivity contribution in [2.75, 3.05) is 0 Å². The van der Waals surface area contributed by atoms with Gasteiger partial charge in [-0.2, -0.15) is 0 Å². The number of aromatic nitrogens is 2. The van der Waals surface area contributed by atoms with Crippen molar-refractivity contribution in [1.29, 1.82) is 0 Å². The molecule has 0 aliphatic heterocycles. The summed E-state index contributed by atoms with van der Waals surface area (Å²) < 4.78 is 0. The first kappa shape index (κ1) is 14.2. The minimum absolute atomic E-state index is 0.454. The van der Waals surface area contributed by atoms with Gasteiger partial charge in [-0.1, -0.05) is 27.7 Å². The lowest BCUT2D eigenvalue weighted by Gasteiger charge is -2.09. The maximum atomic E-state index is 4.81. The minimum atomic E-state index is 0.454. The number of pyridine rings is 1. The standard InChI is InChI=1S/C15H21N3S/c1-10(2)14-13(9-17-11(3)4)19-15(18-14)12-5-7-16-8-6-12/h5-8,10-11,17H,9H2,1-4H3. The summed E-state index contributed by atoms with van der Waals surface area (Å²) in [6.45, 7) is 9.63. The fourth-order valence-electron chi connectivity index (χ4n) is 1.86. The van der Waals surface area contributed by atoms with Crippen molar-refractivity contribution in [3.05, 3.63) is 35.1 Å². The van der Waals surface area contributed by atoms with E-state index in [1.807, 2.05) is 24.5 Å². The second kappa shape index (κ2) is 6.26. The molecule has 0 aliphatic rings. The van der Waals surface area contributed by atoms with Gasteiger partial charge in [0.25, 0.3) is 0 Å². The molecule has 0 spiro atoms. The summed E-state index contributed by atoms with van der Waals surface area (Å²) in [5.74, 6) is 0.454. The van der Waals surface area contributed by atoms with Crippen molar-refractivity contribution in [3.8, 4) is 10.6 Å². The summed E-state index contributed by atoms with van der Waals surface area (Å²) >= 11 is 1.78. The van der Waals surface area contributed by atoms with Crippen molar-refractivity contribution in [2.24, 2.45) is 0 Å². The van der Waals surface area contributed by atoms with Crippen molar-refractivity contribution in [3.63, 3.8) is 0 Å².